The number of methoxy groups -OCH3 is 1. The van der Waals surface area contributed by atoms with Gasteiger partial charge in [-0.1, -0.05) is 24.6 Å². The maximum Gasteiger partial charge on any atom is 0.269 e. The minimum atomic E-state index is -4.41. The number of ether oxygens (including phenoxy) is 2. The first kappa shape index (κ1) is 29.5. The number of sulfonamides is 1. The zero-order chi connectivity index (χ0) is 30.1. The van der Waals surface area contributed by atoms with Crippen molar-refractivity contribution in [2.45, 2.75) is 56.1 Å². The highest BCUT2D eigenvalue weighted by molar-refractivity contribution is 7.93. The molecule has 2 unspecified atom stereocenters. The number of fused-ring (bicyclic) bond motifs is 1. The third-order valence-corrected chi connectivity index (χ3v) is 10.8. The largest absolute Gasteiger partial charge is 0.497 e. The van der Waals surface area contributed by atoms with Crippen LogP contribution in [0.25, 0.3) is 0 Å². The molecule has 0 spiro atoms. The van der Waals surface area contributed by atoms with Gasteiger partial charge in [0.25, 0.3) is 10.0 Å². The molecule has 0 radical (unpaired) electrons. The number of piperidine rings is 1. The van der Waals surface area contributed by atoms with Crippen molar-refractivity contribution in [1.82, 2.24) is 14.3 Å². The fraction of sp³-hybridized carbons (Fsp3) is 0.355. The van der Waals surface area contributed by atoms with Crippen LogP contribution in [-0.4, -0.2) is 42.9 Å². The zero-order valence-corrected chi connectivity index (χ0v) is 25.5. The molecule has 3 aromatic carbocycles. The number of nitrogens with zero attached hydrogens (tertiary/aromatic N) is 4. The SMILES string of the molecule is COc1ccc(CN(c2ncns2)S(=O)(=O)c2cc3c(cc2F)C(N2CCCCC2c2ccc(F)cc2)CCO3)c(C)c1. The van der Waals surface area contributed by atoms with Crippen molar-refractivity contribution in [2.24, 2.45) is 0 Å². The van der Waals surface area contributed by atoms with Crippen molar-refractivity contribution < 1.29 is 26.7 Å². The number of hydrogen-bond donors (Lipinski definition) is 0. The van der Waals surface area contributed by atoms with E-state index in [1.54, 1.807) is 31.4 Å². The molecule has 0 bridgehead atoms. The van der Waals surface area contributed by atoms with E-state index in [-0.39, 0.29) is 29.6 Å². The normalized spacial score (nSPS) is 19.0. The number of anilines is 1. The number of aromatic nitrogens is 2. The number of benzene rings is 3. The first-order valence-corrected chi connectivity index (χ1v) is 16.4. The van der Waals surface area contributed by atoms with Crippen LogP contribution in [0.2, 0.25) is 0 Å². The summed E-state index contributed by atoms with van der Waals surface area (Å²) in [6.07, 6.45) is 4.82. The van der Waals surface area contributed by atoms with E-state index in [0.29, 0.717) is 35.7 Å². The van der Waals surface area contributed by atoms with E-state index in [2.05, 4.69) is 14.3 Å². The first-order chi connectivity index (χ1) is 20.8. The van der Waals surface area contributed by atoms with Crippen LogP contribution in [0.3, 0.4) is 0 Å². The molecule has 1 fully saturated rings. The Balaban J connectivity index is 1.36. The molecule has 0 N–H and O–H groups in total. The summed E-state index contributed by atoms with van der Waals surface area (Å²) in [7, 11) is -2.85. The van der Waals surface area contributed by atoms with Crippen LogP contribution in [0.15, 0.2) is 65.8 Å². The van der Waals surface area contributed by atoms with Crippen molar-refractivity contribution in [3.05, 3.63) is 94.8 Å². The van der Waals surface area contributed by atoms with Crippen LogP contribution in [0.4, 0.5) is 13.9 Å². The van der Waals surface area contributed by atoms with Crippen LogP contribution >= 0.6 is 11.5 Å². The van der Waals surface area contributed by atoms with E-state index >= 15 is 4.39 Å². The highest BCUT2D eigenvalue weighted by atomic mass is 32.2. The van der Waals surface area contributed by atoms with Gasteiger partial charge in [-0.25, -0.2) is 26.5 Å². The first-order valence-electron chi connectivity index (χ1n) is 14.2. The molecule has 0 aliphatic carbocycles. The van der Waals surface area contributed by atoms with Gasteiger partial charge in [-0.15, -0.1) is 0 Å². The van der Waals surface area contributed by atoms with Gasteiger partial charge in [0, 0.05) is 41.7 Å². The van der Waals surface area contributed by atoms with E-state index < -0.39 is 20.7 Å². The Kier molecular flexibility index (Phi) is 8.34. The second kappa shape index (κ2) is 12.2. The van der Waals surface area contributed by atoms with Crippen LogP contribution in [0.5, 0.6) is 11.5 Å². The van der Waals surface area contributed by atoms with Crippen LogP contribution < -0.4 is 13.8 Å². The van der Waals surface area contributed by atoms with E-state index in [1.165, 1.54) is 30.6 Å². The Hall–Kier alpha value is -3.61. The fourth-order valence-electron chi connectivity index (χ4n) is 6.06. The molecule has 1 saturated heterocycles. The van der Waals surface area contributed by atoms with Gasteiger partial charge in [0.15, 0.2) is 0 Å². The van der Waals surface area contributed by atoms with E-state index in [4.69, 9.17) is 9.47 Å². The molecule has 2 aliphatic rings. The van der Waals surface area contributed by atoms with Gasteiger partial charge < -0.3 is 9.47 Å². The zero-order valence-electron chi connectivity index (χ0n) is 23.9. The number of hydrogen-bond acceptors (Lipinski definition) is 8. The van der Waals surface area contributed by atoms with Crippen molar-refractivity contribution in [3.63, 3.8) is 0 Å². The molecule has 1 aromatic heterocycles. The molecule has 0 saturated carbocycles. The van der Waals surface area contributed by atoms with Gasteiger partial charge in [0.05, 0.1) is 20.3 Å². The summed E-state index contributed by atoms with van der Waals surface area (Å²) in [5, 5.41) is 0.126. The molecule has 4 aromatic rings. The minimum Gasteiger partial charge on any atom is -0.497 e. The van der Waals surface area contributed by atoms with E-state index in [1.807, 2.05) is 13.0 Å². The van der Waals surface area contributed by atoms with Gasteiger partial charge in [-0.05, 0) is 73.3 Å². The van der Waals surface area contributed by atoms with Gasteiger partial charge in [-0.3, -0.25) is 4.90 Å². The quantitative estimate of drug-likeness (QED) is 0.219. The monoisotopic (exact) mass is 626 g/mol. The predicted octanol–water partition coefficient (Wildman–Crippen LogP) is 6.58. The lowest BCUT2D eigenvalue weighted by Crippen LogP contribution is -2.39. The summed E-state index contributed by atoms with van der Waals surface area (Å²) in [5.74, 6) is -0.152. The molecule has 2 atom stereocenters. The third kappa shape index (κ3) is 5.83. The Morgan fingerprint density at radius 1 is 1.07 bits per heavy atom. The molecule has 12 heteroatoms. The smallest absolute Gasteiger partial charge is 0.269 e. The van der Waals surface area contributed by atoms with Gasteiger partial charge in [-0.2, -0.15) is 4.37 Å². The molecule has 2 aliphatic heterocycles. The standard InChI is InChI=1S/C31H32F2N4O4S2/c1-20-15-24(40-2)11-8-22(20)18-37(31-34-19-35-42-31)43(38,39)30-17-29-25(16-26(30)33)28(12-14-41-29)36-13-4-3-5-27(36)21-6-9-23(32)10-7-21/h6-11,15-17,19,27-28H,3-5,12-14,18H2,1-2H3. The van der Waals surface area contributed by atoms with Crippen molar-refractivity contribution in [2.75, 3.05) is 24.6 Å². The summed E-state index contributed by atoms with van der Waals surface area (Å²) in [4.78, 5) is 5.99. The average molecular weight is 627 g/mol. The summed E-state index contributed by atoms with van der Waals surface area (Å²) in [6.45, 7) is 2.94. The Morgan fingerprint density at radius 2 is 1.88 bits per heavy atom. The number of rotatable bonds is 8. The van der Waals surface area contributed by atoms with Crippen LogP contribution in [0, 0.1) is 18.6 Å². The highest BCUT2D eigenvalue weighted by Gasteiger charge is 2.37. The number of halogens is 2. The molecule has 3 heterocycles. The maximum atomic E-state index is 16.0. The molecule has 8 nitrogen and oxygen atoms in total. The highest BCUT2D eigenvalue weighted by Crippen LogP contribution is 2.45. The maximum absolute atomic E-state index is 16.0. The summed E-state index contributed by atoms with van der Waals surface area (Å²) >= 11 is 0.915. The Labute approximate surface area is 254 Å². The number of likely N-dealkylation sites (tertiary alicyclic amines) is 1. The fourth-order valence-corrected chi connectivity index (χ4v) is 8.26. The second-order valence-electron chi connectivity index (χ2n) is 10.8. The predicted molar refractivity (Wildman–Crippen MR) is 160 cm³/mol. The Morgan fingerprint density at radius 3 is 2.60 bits per heavy atom. The van der Waals surface area contributed by atoms with E-state index in [0.717, 1.165) is 52.8 Å². The van der Waals surface area contributed by atoms with Gasteiger partial charge >= 0.3 is 0 Å². The molecule has 226 valence electrons. The molecular weight excluding hydrogens is 594 g/mol. The minimum absolute atomic E-state index is 0.0393. The van der Waals surface area contributed by atoms with E-state index in [9.17, 15) is 12.8 Å². The Bertz CT molecular complexity index is 1700. The summed E-state index contributed by atoms with van der Waals surface area (Å²) in [6, 6.07) is 14.4. The van der Waals surface area contributed by atoms with Crippen molar-refractivity contribution in [3.8, 4) is 11.5 Å². The number of aryl methyl sites for hydroxylation is 1. The van der Waals surface area contributed by atoms with Crippen LogP contribution in [-0.2, 0) is 16.6 Å². The van der Waals surface area contributed by atoms with Gasteiger partial charge in [0.2, 0.25) is 5.13 Å². The lowest BCUT2D eigenvalue weighted by atomic mass is 9.89. The topological polar surface area (TPSA) is 84.9 Å². The van der Waals surface area contributed by atoms with Crippen molar-refractivity contribution in [1.29, 1.82) is 0 Å². The van der Waals surface area contributed by atoms with Crippen molar-refractivity contribution >= 4 is 26.7 Å². The van der Waals surface area contributed by atoms with Gasteiger partial charge in [0.1, 0.15) is 34.4 Å². The lowest BCUT2D eigenvalue weighted by Gasteiger charge is -2.43. The average Bonchev–Trinajstić information content (AvgIpc) is 3.54. The summed E-state index contributed by atoms with van der Waals surface area (Å²) < 4.78 is 74.3. The molecule has 0 amide bonds. The lowest BCUT2D eigenvalue weighted by molar-refractivity contribution is 0.0665. The second-order valence-corrected chi connectivity index (χ2v) is 13.4. The van der Waals surface area contributed by atoms with Crippen LogP contribution in [0.1, 0.15) is 60.0 Å². The third-order valence-electron chi connectivity index (χ3n) is 8.27. The molecule has 43 heavy (non-hydrogen) atoms. The molecular formula is C31H32F2N4O4S2. The summed E-state index contributed by atoms with van der Waals surface area (Å²) in [5.41, 5.74) is 3.16. The molecule has 6 rings (SSSR count).